The number of likely N-dealkylation sites (N-methyl/N-ethyl adjacent to an activating group) is 1. The smallest absolute Gasteiger partial charge is 0.0593 e. The van der Waals surface area contributed by atoms with Gasteiger partial charge in [-0.15, -0.1) is 0 Å². The maximum absolute atomic E-state index is 5.61. The fraction of sp³-hybridized carbons (Fsp3) is 1.00. The van der Waals surface area contributed by atoms with E-state index < -0.39 is 0 Å². The molecule has 3 nitrogen and oxygen atoms in total. The summed E-state index contributed by atoms with van der Waals surface area (Å²) in [6.07, 6.45) is 2.76. The highest BCUT2D eigenvalue weighted by Gasteiger charge is 2.20. The third-order valence-electron chi connectivity index (χ3n) is 2.82. The van der Waals surface area contributed by atoms with Crippen molar-refractivity contribution in [3.05, 3.63) is 0 Å². The van der Waals surface area contributed by atoms with Crippen LogP contribution in [0, 0.1) is 5.92 Å². The van der Waals surface area contributed by atoms with Crippen LogP contribution in [0.5, 0.6) is 0 Å². The number of ether oxygens (including phenoxy) is 1. The normalized spacial score (nSPS) is 17.1. The van der Waals surface area contributed by atoms with Gasteiger partial charge in [-0.05, 0) is 46.6 Å². The lowest BCUT2D eigenvalue weighted by Crippen LogP contribution is -2.41. The van der Waals surface area contributed by atoms with E-state index in [1.54, 1.807) is 0 Å². The first kappa shape index (κ1) is 13.9. The molecule has 1 fully saturated rings. The summed E-state index contributed by atoms with van der Waals surface area (Å²) in [7, 11) is 2.16. The Morgan fingerprint density at radius 3 is 2.50 bits per heavy atom. The van der Waals surface area contributed by atoms with Gasteiger partial charge in [0.2, 0.25) is 0 Å². The van der Waals surface area contributed by atoms with Crippen molar-refractivity contribution in [1.82, 2.24) is 10.2 Å². The first-order valence-electron chi connectivity index (χ1n) is 6.49. The molecule has 0 saturated heterocycles. The summed E-state index contributed by atoms with van der Waals surface area (Å²) < 4.78 is 5.61. The summed E-state index contributed by atoms with van der Waals surface area (Å²) in [4.78, 5) is 2.33. The topological polar surface area (TPSA) is 24.5 Å². The van der Waals surface area contributed by atoms with Crippen LogP contribution in [0.15, 0.2) is 0 Å². The van der Waals surface area contributed by atoms with E-state index >= 15 is 0 Å². The summed E-state index contributed by atoms with van der Waals surface area (Å²) in [5, 5.41) is 3.49. The first-order chi connectivity index (χ1) is 7.47. The van der Waals surface area contributed by atoms with Crippen LogP contribution in [-0.4, -0.2) is 50.3 Å². The lowest BCUT2D eigenvalue weighted by atomic mass is 10.1. The standard InChI is InChI=1S/C13H28N2O/c1-13(2,3)14-7-8-15(4)9-10-16-11-12-5-6-12/h12,14H,5-11H2,1-4H3. The van der Waals surface area contributed by atoms with Crippen molar-refractivity contribution in [3.63, 3.8) is 0 Å². The molecule has 0 aromatic heterocycles. The van der Waals surface area contributed by atoms with Gasteiger partial charge in [-0.3, -0.25) is 0 Å². The fourth-order valence-electron chi connectivity index (χ4n) is 1.49. The minimum absolute atomic E-state index is 0.226. The van der Waals surface area contributed by atoms with Crippen LogP contribution in [-0.2, 0) is 4.74 Å². The molecule has 1 aliphatic carbocycles. The van der Waals surface area contributed by atoms with E-state index in [2.05, 4.69) is 38.0 Å². The molecule has 0 aromatic carbocycles. The molecule has 0 spiro atoms. The Hall–Kier alpha value is -0.120. The second kappa shape index (κ2) is 6.58. The molecule has 0 radical (unpaired) electrons. The molecule has 0 atom stereocenters. The summed E-state index contributed by atoms with van der Waals surface area (Å²) in [5.41, 5.74) is 0.226. The molecular formula is C13H28N2O. The second-order valence-electron chi connectivity index (χ2n) is 6.00. The molecule has 0 heterocycles. The highest BCUT2D eigenvalue weighted by Crippen LogP contribution is 2.28. The molecular weight excluding hydrogens is 200 g/mol. The molecule has 0 amide bonds. The van der Waals surface area contributed by atoms with Crippen molar-refractivity contribution in [2.75, 3.05) is 39.9 Å². The van der Waals surface area contributed by atoms with Gasteiger partial charge in [0.15, 0.2) is 0 Å². The largest absolute Gasteiger partial charge is 0.380 e. The van der Waals surface area contributed by atoms with Gasteiger partial charge in [0.05, 0.1) is 6.61 Å². The average Bonchev–Trinajstić information content (AvgIpc) is 2.94. The van der Waals surface area contributed by atoms with E-state index in [0.717, 1.165) is 38.8 Å². The van der Waals surface area contributed by atoms with Gasteiger partial charge in [-0.25, -0.2) is 0 Å². The molecule has 16 heavy (non-hydrogen) atoms. The molecule has 0 aromatic rings. The minimum Gasteiger partial charge on any atom is -0.380 e. The molecule has 3 heteroatoms. The van der Waals surface area contributed by atoms with Crippen molar-refractivity contribution in [3.8, 4) is 0 Å². The minimum atomic E-state index is 0.226. The Morgan fingerprint density at radius 1 is 1.25 bits per heavy atom. The lowest BCUT2D eigenvalue weighted by molar-refractivity contribution is 0.103. The Bertz CT molecular complexity index is 185. The molecule has 1 aliphatic rings. The van der Waals surface area contributed by atoms with E-state index in [0.29, 0.717) is 0 Å². The summed E-state index contributed by atoms with van der Waals surface area (Å²) in [6.45, 7) is 11.6. The van der Waals surface area contributed by atoms with E-state index in [4.69, 9.17) is 4.74 Å². The Labute approximate surface area is 101 Å². The van der Waals surface area contributed by atoms with E-state index in [1.165, 1.54) is 12.8 Å². The number of nitrogens with zero attached hydrogens (tertiary/aromatic N) is 1. The van der Waals surface area contributed by atoms with E-state index in [1.807, 2.05) is 0 Å². The zero-order valence-corrected chi connectivity index (χ0v) is 11.4. The molecule has 1 N–H and O–H groups in total. The molecule has 96 valence electrons. The van der Waals surface area contributed by atoms with Crippen LogP contribution in [0.1, 0.15) is 33.6 Å². The summed E-state index contributed by atoms with van der Waals surface area (Å²) in [5.74, 6) is 0.882. The van der Waals surface area contributed by atoms with Crippen LogP contribution in [0.2, 0.25) is 0 Å². The number of rotatable bonds is 8. The van der Waals surface area contributed by atoms with Gasteiger partial charge in [0, 0.05) is 31.8 Å². The van der Waals surface area contributed by atoms with Gasteiger partial charge >= 0.3 is 0 Å². The van der Waals surface area contributed by atoms with Crippen LogP contribution >= 0.6 is 0 Å². The fourth-order valence-corrected chi connectivity index (χ4v) is 1.49. The first-order valence-corrected chi connectivity index (χ1v) is 6.49. The molecule has 1 rings (SSSR count). The zero-order valence-electron chi connectivity index (χ0n) is 11.4. The lowest BCUT2D eigenvalue weighted by Gasteiger charge is -2.23. The molecule has 1 saturated carbocycles. The predicted octanol–water partition coefficient (Wildman–Crippen LogP) is 1.73. The summed E-state index contributed by atoms with van der Waals surface area (Å²) in [6, 6.07) is 0. The quantitative estimate of drug-likeness (QED) is 0.640. The molecule has 0 unspecified atom stereocenters. The van der Waals surface area contributed by atoms with Crippen LogP contribution in [0.4, 0.5) is 0 Å². The summed E-state index contributed by atoms with van der Waals surface area (Å²) >= 11 is 0. The predicted molar refractivity (Wildman–Crippen MR) is 68.8 cm³/mol. The number of hydrogen-bond acceptors (Lipinski definition) is 3. The van der Waals surface area contributed by atoms with Crippen molar-refractivity contribution < 1.29 is 4.74 Å². The third kappa shape index (κ3) is 8.08. The Morgan fingerprint density at radius 2 is 1.94 bits per heavy atom. The van der Waals surface area contributed by atoms with Gasteiger partial charge < -0.3 is 15.0 Å². The monoisotopic (exact) mass is 228 g/mol. The van der Waals surface area contributed by atoms with E-state index in [-0.39, 0.29) is 5.54 Å². The number of nitrogens with one attached hydrogen (secondary N) is 1. The van der Waals surface area contributed by atoms with Crippen LogP contribution in [0.3, 0.4) is 0 Å². The highest BCUT2D eigenvalue weighted by atomic mass is 16.5. The number of hydrogen-bond donors (Lipinski definition) is 1. The van der Waals surface area contributed by atoms with Gasteiger partial charge in [0.25, 0.3) is 0 Å². The third-order valence-corrected chi connectivity index (χ3v) is 2.82. The van der Waals surface area contributed by atoms with Crippen LogP contribution in [0.25, 0.3) is 0 Å². The van der Waals surface area contributed by atoms with Gasteiger partial charge in [-0.2, -0.15) is 0 Å². The van der Waals surface area contributed by atoms with Gasteiger partial charge in [-0.1, -0.05) is 0 Å². The second-order valence-corrected chi connectivity index (χ2v) is 6.00. The van der Waals surface area contributed by atoms with E-state index in [9.17, 15) is 0 Å². The van der Waals surface area contributed by atoms with Crippen molar-refractivity contribution in [2.24, 2.45) is 5.92 Å². The van der Waals surface area contributed by atoms with Gasteiger partial charge in [0.1, 0.15) is 0 Å². The van der Waals surface area contributed by atoms with Crippen molar-refractivity contribution in [1.29, 1.82) is 0 Å². The maximum Gasteiger partial charge on any atom is 0.0593 e. The Kier molecular flexibility index (Phi) is 5.73. The Balaban J connectivity index is 1.87. The van der Waals surface area contributed by atoms with Crippen molar-refractivity contribution >= 4 is 0 Å². The SMILES string of the molecule is CN(CCNC(C)(C)C)CCOCC1CC1. The molecule has 0 aliphatic heterocycles. The maximum atomic E-state index is 5.61. The highest BCUT2D eigenvalue weighted by molar-refractivity contribution is 4.72. The molecule has 0 bridgehead atoms. The average molecular weight is 228 g/mol. The van der Waals surface area contributed by atoms with Crippen LogP contribution < -0.4 is 5.32 Å². The van der Waals surface area contributed by atoms with Crippen molar-refractivity contribution in [2.45, 2.75) is 39.2 Å². The zero-order chi connectivity index (χ0) is 12.0.